The number of hydrogen-bond acceptors (Lipinski definition) is 2. The fraction of sp³-hybridized carbons (Fsp3) is 0.533. The molecule has 3 nitrogen and oxygen atoms in total. The van der Waals surface area contributed by atoms with Crippen LogP contribution in [0.5, 0.6) is 0 Å². The summed E-state index contributed by atoms with van der Waals surface area (Å²) in [4.78, 5) is 14.6. The zero-order valence-corrected chi connectivity index (χ0v) is 12.7. The lowest BCUT2D eigenvalue weighted by Gasteiger charge is -2.28. The molecule has 2 rings (SSSR count). The van der Waals surface area contributed by atoms with Gasteiger partial charge in [0.05, 0.1) is 0 Å². The molecule has 1 fully saturated rings. The number of likely N-dealkylation sites (tertiary alicyclic amines) is 1. The van der Waals surface area contributed by atoms with E-state index in [1.807, 2.05) is 24.0 Å². The molecule has 0 spiro atoms. The van der Waals surface area contributed by atoms with Gasteiger partial charge in [-0.1, -0.05) is 19.9 Å². The predicted octanol–water partition coefficient (Wildman–Crippen LogP) is 3.26. The van der Waals surface area contributed by atoms with Crippen molar-refractivity contribution < 1.29 is 4.79 Å². The zero-order valence-electron chi connectivity index (χ0n) is 11.8. The molecule has 4 heteroatoms. The first-order valence-corrected chi connectivity index (χ1v) is 6.68. The van der Waals surface area contributed by atoms with Crippen molar-refractivity contribution in [3.8, 4) is 0 Å². The fourth-order valence-electron chi connectivity index (χ4n) is 2.76. The van der Waals surface area contributed by atoms with Gasteiger partial charge in [0.25, 0.3) is 5.91 Å². The van der Waals surface area contributed by atoms with Crippen LogP contribution in [-0.4, -0.2) is 23.4 Å². The van der Waals surface area contributed by atoms with Gasteiger partial charge in [0.2, 0.25) is 0 Å². The van der Waals surface area contributed by atoms with E-state index < -0.39 is 0 Å². The first-order chi connectivity index (χ1) is 8.50. The highest BCUT2D eigenvalue weighted by atomic mass is 35.5. The Hall–Kier alpha value is -1.22. The minimum absolute atomic E-state index is 0. The summed E-state index contributed by atoms with van der Waals surface area (Å²) in [7, 11) is 0. The average Bonchev–Trinajstić information content (AvgIpc) is 2.80. The van der Waals surface area contributed by atoms with Gasteiger partial charge >= 0.3 is 0 Å². The molecule has 1 aromatic rings. The van der Waals surface area contributed by atoms with Gasteiger partial charge in [0.1, 0.15) is 0 Å². The standard InChI is InChI=1S/C15H22N2O.ClH/c1-10(2)14-5-4-8-17(14)15(18)13-9-12(16)7-6-11(13)3;/h6-7,9-10,14H,4-5,8,16H2,1-3H3;1H. The highest BCUT2D eigenvalue weighted by Crippen LogP contribution is 2.26. The van der Waals surface area contributed by atoms with Crippen molar-refractivity contribution in [2.24, 2.45) is 5.92 Å². The number of anilines is 1. The van der Waals surface area contributed by atoms with Gasteiger partial charge in [0.15, 0.2) is 0 Å². The minimum atomic E-state index is 0. The molecule has 0 bridgehead atoms. The maximum absolute atomic E-state index is 12.6. The third-order valence-corrected chi connectivity index (χ3v) is 3.82. The van der Waals surface area contributed by atoms with E-state index >= 15 is 0 Å². The third-order valence-electron chi connectivity index (χ3n) is 3.82. The Kier molecular flexibility index (Phi) is 5.24. The van der Waals surface area contributed by atoms with Gasteiger partial charge in [-0.25, -0.2) is 0 Å². The van der Waals surface area contributed by atoms with E-state index in [2.05, 4.69) is 13.8 Å². The number of nitrogen functional groups attached to an aromatic ring is 1. The Bertz CT molecular complexity index is 459. The van der Waals surface area contributed by atoms with E-state index in [1.54, 1.807) is 6.07 Å². The molecule has 0 radical (unpaired) electrons. The molecule has 106 valence electrons. The van der Waals surface area contributed by atoms with E-state index in [1.165, 1.54) is 0 Å². The molecule has 0 aliphatic carbocycles. The zero-order chi connectivity index (χ0) is 13.3. The second-order valence-corrected chi connectivity index (χ2v) is 5.53. The summed E-state index contributed by atoms with van der Waals surface area (Å²) in [6.07, 6.45) is 2.22. The molecule has 2 N–H and O–H groups in total. The van der Waals surface area contributed by atoms with Crippen molar-refractivity contribution in [3.63, 3.8) is 0 Å². The van der Waals surface area contributed by atoms with Crippen molar-refractivity contribution >= 4 is 24.0 Å². The van der Waals surface area contributed by atoms with Crippen LogP contribution in [0, 0.1) is 12.8 Å². The van der Waals surface area contributed by atoms with Gasteiger partial charge in [-0.15, -0.1) is 12.4 Å². The minimum Gasteiger partial charge on any atom is -0.399 e. The molecule has 19 heavy (non-hydrogen) atoms. The molecule has 0 saturated carbocycles. The number of rotatable bonds is 2. The second kappa shape index (κ2) is 6.29. The summed E-state index contributed by atoms with van der Waals surface area (Å²) >= 11 is 0. The number of amides is 1. The molecule has 1 heterocycles. The Labute approximate surface area is 121 Å². The second-order valence-electron chi connectivity index (χ2n) is 5.53. The Morgan fingerprint density at radius 2 is 2.11 bits per heavy atom. The van der Waals surface area contributed by atoms with Gasteiger partial charge in [-0.3, -0.25) is 4.79 Å². The number of aryl methyl sites for hydroxylation is 1. The number of hydrogen-bond donors (Lipinski definition) is 1. The fourth-order valence-corrected chi connectivity index (χ4v) is 2.76. The quantitative estimate of drug-likeness (QED) is 0.847. The monoisotopic (exact) mass is 282 g/mol. The van der Waals surface area contributed by atoms with Crippen molar-refractivity contribution in [1.29, 1.82) is 0 Å². The van der Waals surface area contributed by atoms with Gasteiger partial charge in [-0.05, 0) is 43.4 Å². The lowest BCUT2D eigenvalue weighted by atomic mass is 10.0. The summed E-state index contributed by atoms with van der Waals surface area (Å²) in [5, 5.41) is 0. The van der Waals surface area contributed by atoms with Crippen LogP contribution in [-0.2, 0) is 0 Å². The SMILES string of the molecule is Cc1ccc(N)cc1C(=O)N1CCCC1C(C)C.Cl. The number of halogens is 1. The molecule has 1 saturated heterocycles. The Morgan fingerprint density at radius 1 is 1.42 bits per heavy atom. The van der Waals surface area contributed by atoms with Crippen molar-refractivity contribution in [3.05, 3.63) is 29.3 Å². The highest BCUT2D eigenvalue weighted by Gasteiger charge is 2.31. The van der Waals surface area contributed by atoms with Crippen LogP contribution in [0.4, 0.5) is 5.69 Å². The van der Waals surface area contributed by atoms with Gasteiger partial charge in [0, 0.05) is 23.8 Å². The third kappa shape index (κ3) is 3.21. The molecule has 1 aliphatic rings. The number of nitrogens with zero attached hydrogens (tertiary/aromatic N) is 1. The lowest BCUT2D eigenvalue weighted by molar-refractivity contribution is 0.0701. The van der Waals surface area contributed by atoms with Crippen molar-refractivity contribution in [2.75, 3.05) is 12.3 Å². The van der Waals surface area contributed by atoms with Crippen LogP contribution < -0.4 is 5.73 Å². The first kappa shape index (κ1) is 15.8. The summed E-state index contributed by atoms with van der Waals surface area (Å²) in [5.74, 6) is 0.647. The largest absolute Gasteiger partial charge is 0.399 e. The summed E-state index contributed by atoms with van der Waals surface area (Å²) < 4.78 is 0. The number of carbonyl (C=O) groups excluding carboxylic acids is 1. The molecule has 1 atom stereocenters. The summed E-state index contributed by atoms with van der Waals surface area (Å²) in [5.41, 5.74) is 8.20. The number of benzene rings is 1. The molecule has 1 aliphatic heterocycles. The van der Waals surface area contributed by atoms with E-state index in [4.69, 9.17) is 5.73 Å². The average molecular weight is 283 g/mol. The molecule has 1 amide bonds. The number of carbonyl (C=O) groups is 1. The maximum atomic E-state index is 12.6. The topological polar surface area (TPSA) is 46.3 Å². The van der Waals surface area contributed by atoms with Crippen LogP contribution in [0.1, 0.15) is 42.6 Å². The van der Waals surface area contributed by atoms with Gasteiger partial charge in [-0.2, -0.15) is 0 Å². The van der Waals surface area contributed by atoms with E-state index in [0.29, 0.717) is 17.6 Å². The predicted molar refractivity (Wildman–Crippen MR) is 81.7 cm³/mol. The van der Waals surface area contributed by atoms with Crippen LogP contribution in [0.3, 0.4) is 0 Å². The van der Waals surface area contributed by atoms with Gasteiger partial charge < -0.3 is 10.6 Å². The van der Waals surface area contributed by atoms with Crippen molar-refractivity contribution in [2.45, 2.75) is 39.7 Å². The van der Waals surface area contributed by atoms with E-state index in [0.717, 1.165) is 30.5 Å². The van der Waals surface area contributed by atoms with Crippen LogP contribution in [0.25, 0.3) is 0 Å². The first-order valence-electron chi connectivity index (χ1n) is 6.68. The molecular formula is C15H23ClN2O. The normalized spacial score (nSPS) is 18.5. The van der Waals surface area contributed by atoms with Crippen LogP contribution >= 0.6 is 12.4 Å². The summed E-state index contributed by atoms with van der Waals surface area (Å²) in [6, 6.07) is 5.94. The smallest absolute Gasteiger partial charge is 0.254 e. The molecule has 1 aromatic carbocycles. The Balaban J connectivity index is 0.00000180. The Morgan fingerprint density at radius 3 is 2.74 bits per heavy atom. The maximum Gasteiger partial charge on any atom is 0.254 e. The van der Waals surface area contributed by atoms with E-state index in [9.17, 15) is 4.79 Å². The lowest BCUT2D eigenvalue weighted by Crippen LogP contribution is -2.38. The molecule has 0 aromatic heterocycles. The highest BCUT2D eigenvalue weighted by molar-refractivity contribution is 5.96. The van der Waals surface area contributed by atoms with Crippen molar-refractivity contribution in [1.82, 2.24) is 4.90 Å². The molecule has 1 unspecified atom stereocenters. The van der Waals surface area contributed by atoms with Crippen LogP contribution in [0.2, 0.25) is 0 Å². The number of nitrogens with two attached hydrogens (primary N) is 1. The van der Waals surface area contributed by atoms with Crippen LogP contribution in [0.15, 0.2) is 18.2 Å². The molecular weight excluding hydrogens is 260 g/mol. The summed E-state index contributed by atoms with van der Waals surface area (Å²) in [6.45, 7) is 7.20. The van der Waals surface area contributed by atoms with E-state index in [-0.39, 0.29) is 18.3 Å².